The molecule has 0 bridgehead atoms. The summed E-state index contributed by atoms with van der Waals surface area (Å²) in [6.07, 6.45) is -3.77. The molecule has 0 spiro atoms. The predicted molar refractivity (Wildman–Crippen MR) is 57.0 cm³/mol. The first-order valence-electron chi connectivity index (χ1n) is 4.58. The fraction of sp³-hybridized carbons (Fsp3) is 0.0909. The molecule has 0 saturated heterocycles. The molecule has 17 heavy (non-hydrogen) atoms. The van der Waals surface area contributed by atoms with Crippen LogP contribution in [0.3, 0.4) is 0 Å². The number of halogens is 3. The number of ketones is 1. The topological polar surface area (TPSA) is 30.0 Å². The van der Waals surface area contributed by atoms with Crippen LogP contribution in [0.1, 0.15) is 21.6 Å². The summed E-state index contributed by atoms with van der Waals surface area (Å²) in [5.74, 6) is -0.375. The Hall–Kier alpha value is -1.69. The third-order valence-electron chi connectivity index (χ3n) is 2.11. The highest BCUT2D eigenvalue weighted by Gasteiger charge is 2.30. The molecule has 0 aliphatic rings. The first-order valence-corrected chi connectivity index (χ1v) is 5.53. The molecule has 88 valence electrons. The molecular weight excluding hydrogens is 251 g/mol. The van der Waals surface area contributed by atoms with E-state index in [1.807, 2.05) is 0 Å². The third-order valence-corrected chi connectivity index (χ3v) is 2.79. The van der Waals surface area contributed by atoms with E-state index in [0.717, 1.165) is 12.1 Å². The molecule has 0 aromatic carbocycles. The lowest BCUT2D eigenvalue weighted by Gasteiger charge is -2.05. The summed E-state index contributed by atoms with van der Waals surface area (Å²) < 4.78 is 36.8. The smallest absolute Gasteiger partial charge is 0.287 e. The summed E-state index contributed by atoms with van der Waals surface area (Å²) in [6, 6.07) is 3.54. The first-order chi connectivity index (χ1) is 7.98. The highest BCUT2D eigenvalue weighted by molar-refractivity contribution is 7.08. The number of carbonyl (C=O) groups is 1. The third kappa shape index (κ3) is 2.52. The molecular formula is C11H6F3NOS. The van der Waals surface area contributed by atoms with Crippen LogP contribution in [0.15, 0.2) is 35.2 Å². The summed E-state index contributed by atoms with van der Waals surface area (Å²) in [5.41, 5.74) is -0.418. The zero-order valence-corrected chi connectivity index (χ0v) is 9.18. The van der Waals surface area contributed by atoms with E-state index >= 15 is 0 Å². The molecule has 2 rings (SSSR count). The average Bonchev–Trinajstić information content (AvgIpc) is 2.80. The van der Waals surface area contributed by atoms with Gasteiger partial charge in [-0.15, -0.1) is 0 Å². The molecule has 0 unspecified atom stereocenters. The Balaban J connectivity index is 2.28. The van der Waals surface area contributed by atoms with Crippen LogP contribution in [0.4, 0.5) is 13.2 Å². The van der Waals surface area contributed by atoms with Gasteiger partial charge >= 0.3 is 6.18 Å². The Morgan fingerprint density at radius 2 is 2.00 bits per heavy atom. The van der Waals surface area contributed by atoms with Gasteiger partial charge in [-0.3, -0.25) is 9.78 Å². The van der Waals surface area contributed by atoms with Gasteiger partial charge in [0.25, 0.3) is 0 Å². The Morgan fingerprint density at radius 3 is 2.47 bits per heavy atom. The van der Waals surface area contributed by atoms with E-state index < -0.39 is 11.7 Å². The molecule has 0 fully saturated rings. The van der Waals surface area contributed by atoms with Crippen molar-refractivity contribution in [2.75, 3.05) is 0 Å². The molecule has 0 atom stereocenters. The normalized spacial score (nSPS) is 11.5. The van der Waals surface area contributed by atoms with Crippen molar-refractivity contribution in [1.82, 2.24) is 4.98 Å². The second-order valence-corrected chi connectivity index (χ2v) is 4.05. The Kier molecular flexibility index (Phi) is 2.97. The molecule has 0 aliphatic carbocycles. The van der Waals surface area contributed by atoms with E-state index in [1.54, 1.807) is 16.8 Å². The molecule has 0 aliphatic heterocycles. The highest BCUT2D eigenvalue weighted by atomic mass is 32.1. The Morgan fingerprint density at radius 1 is 1.24 bits per heavy atom. The summed E-state index contributed by atoms with van der Waals surface area (Å²) in [4.78, 5) is 15.3. The average molecular weight is 257 g/mol. The van der Waals surface area contributed by atoms with E-state index in [-0.39, 0.29) is 11.5 Å². The van der Waals surface area contributed by atoms with Crippen LogP contribution in [0.25, 0.3) is 0 Å². The van der Waals surface area contributed by atoms with Crippen LogP contribution in [0.5, 0.6) is 0 Å². The number of thiophene rings is 1. The van der Waals surface area contributed by atoms with Crippen molar-refractivity contribution >= 4 is 17.1 Å². The van der Waals surface area contributed by atoms with E-state index in [1.165, 1.54) is 11.3 Å². The van der Waals surface area contributed by atoms with Gasteiger partial charge in [0.2, 0.25) is 5.78 Å². The number of aromatic nitrogens is 1. The predicted octanol–water partition coefficient (Wildman–Crippen LogP) is 3.39. The summed E-state index contributed by atoms with van der Waals surface area (Å²) in [6.45, 7) is 0. The van der Waals surface area contributed by atoms with Crippen molar-refractivity contribution in [1.29, 1.82) is 0 Å². The number of hydrogen-bond donors (Lipinski definition) is 0. The maximum atomic E-state index is 12.3. The molecule has 0 saturated carbocycles. The van der Waals surface area contributed by atoms with Crippen molar-refractivity contribution in [2.24, 2.45) is 0 Å². The van der Waals surface area contributed by atoms with Crippen LogP contribution in [-0.4, -0.2) is 10.8 Å². The van der Waals surface area contributed by atoms with Gasteiger partial charge in [-0.05, 0) is 23.6 Å². The van der Waals surface area contributed by atoms with Gasteiger partial charge < -0.3 is 0 Å². The number of hydrogen-bond acceptors (Lipinski definition) is 3. The first kappa shape index (κ1) is 11.8. The molecule has 2 aromatic heterocycles. The van der Waals surface area contributed by atoms with Crippen LogP contribution in [0, 0.1) is 0 Å². The van der Waals surface area contributed by atoms with Gasteiger partial charge in [0, 0.05) is 17.1 Å². The van der Waals surface area contributed by atoms with Crippen molar-refractivity contribution in [2.45, 2.75) is 6.18 Å². The molecule has 2 nitrogen and oxygen atoms in total. The van der Waals surface area contributed by atoms with E-state index in [4.69, 9.17) is 0 Å². The molecule has 6 heteroatoms. The molecule has 0 N–H and O–H groups in total. The molecule has 0 amide bonds. The number of carbonyl (C=O) groups excluding carboxylic acids is 1. The molecule has 2 heterocycles. The fourth-order valence-corrected chi connectivity index (χ4v) is 1.87. The van der Waals surface area contributed by atoms with Crippen molar-refractivity contribution in [3.05, 3.63) is 52.0 Å². The summed E-state index contributed by atoms with van der Waals surface area (Å²) in [7, 11) is 0. The van der Waals surface area contributed by atoms with Crippen molar-refractivity contribution in [3.8, 4) is 0 Å². The van der Waals surface area contributed by atoms with Gasteiger partial charge in [-0.1, -0.05) is 0 Å². The molecule has 0 radical (unpaired) electrons. The van der Waals surface area contributed by atoms with Gasteiger partial charge in [-0.25, -0.2) is 0 Å². The minimum absolute atomic E-state index is 0.0106. The number of alkyl halides is 3. The van der Waals surface area contributed by atoms with E-state index in [9.17, 15) is 18.0 Å². The quantitative estimate of drug-likeness (QED) is 0.772. The minimum atomic E-state index is -4.43. The van der Waals surface area contributed by atoms with Gasteiger partial charge in [0.1, 0.15) is 5.69 Å². The Labute approximate surface area is 98.7 Å². The second kappa shape index (κ2) is 4.29. The van der Waals surface area contributed by atoms with Gasteiger partial charge in [0.15, 0.2) is 0 Å². The minimum Gasteiger partial charge on any atom is -0.287 e. The van der Waals surface area contributed by atoms with Crippen LogP contribution in [-0.2, 0) is 6.18 Å². The van der Waals surface area contributed by atoms with Gasteiger partial charge in [-0.2, -0.15) is 24.5 Å². The number of nitrogens with zero attached hydrogens (tertiary/aromatic N) is 1. The lowest BCUT2D eigenvalue weighted by molar-refractivity contribution is -0.137. The standard InChI is InChI=1S/C11H6F3NOS/c12-11(13,14)8-1-2-9(15-5-8)10(16)7-3-4-17-6-7/h1-6H. The van der Waals surface area contributed by atoms with Crippen LogP contribution >= 0.6 is 11.3 Å². The SMILES string of the molecule is O=C(c1ccsc1)c1ccc(C(F)(F)F)cn1. The number of pyridine rings is 1. The van der Waals surface area contributed by atoms with Crippen LogP contribution < -0.4 is 0 Å². The maximum absolute atomic E-state index is 12.3. The summed E-state index contributed by atoms with van der Waals surface area (Å²) >= 11 is 1.34. The lowest BCUT2D eigenvalue weighted by Crippen LogP contribution is -2.08. The monoisotopic (exact) mass is 257 g/mol. The molecule has 2 aromatic rings. The zero-order chi connectivity index (χ0) is 12.5. The van der Waals surface area contributed by atoms with Crippen molar-refractivity contribution in [3.63, 3.8) is 0 Å². The maximum Gasteiger partial charge on any atom is 0.417 e. The highest BCUT2D eigenvalue weighted by Crippen LogP contribution is 2.28. The zero-order valence-electron chi connectivity index (χ0n) is 8.36. The summed E-state index contributed by atoms with van der Waals surface area (Å²) in [5, 5.41) is 3.35. The van der Waals surface area contributed by atoms with Crippen molar-refractivity contribution < 1.29 is 18.0 Å². The van der Waals surface area contributed by atoms with E-state index in [0.29, 0.717) is 11.8 Å². The fourth-order valence-electron chi connectivity index (χ4n) is 1.24. The largest absolute Gasteiger partial charge is 0.417 e. The lowest BCUT2D eigenvalue weighted by atomic mass is 10.1. The van der Waals surface area contributed by atoms with E-state index in [2.05, 4.69) is 4.98 Å². The Bertz CT molecular complexity index is 517. The number of rotatable bonds is 2. The van der Waals surface area contributed by atoms with Gasteiger partial charge in [0.05, 0.1) is 5.56 Å². The van der Waals surface area contributed by atoms with Crippen LogP contribution in [0.2, 0.25) is 0 Å². The second-order valence-electron chi connectivity index (χ2n) is 3.27.